The number of hydrogen-bond acceptors (Lipinski definition) is 4. The largest absolute Gasteiger partial charge is 0.391 e. The maximum absolute atomic E-state index is 10.1. The van der Waals surface area contributed by atoms with Crippen molar-refractivity contribution in [2.24, 2.45) is 5.73 Å². The molecule has 1 aliphatic carbocycles. The van der Waals surface area contributed by atoms with Crippen molar-refractivity contribution in [3.63, 3.8) is 0 Å². The van der Waals surface area contributed by atoms with Crippen LogP contribution in [0, 0.1) is 0 Å². The minimum atomic E-state index is -0.226. The lowest BCUT2D eigenvalue weighted by atomic mass is 9.91. The van der Waals surface area contributed by atoms with E-state index in [9.17, 15) is 5.11 Å². The summed E-state index contributed by atoms with van der Waals surface area (Å²) in [5.74, 6) is 0. The monoisotopic (exact) mass is 263 g/mol. The zero-order chi connectivity index (χ0) is 13.8. The summed E-state index contributed by atoms with van der Waals surface area (Å²) < 4.78 is 0. The molecule has 0 amide bonds. The van der Waals surface area contributed by atoms with E-state index in [0.29, 0.717) is 0 Å². The Morgan fingerprint density at radius 3 is 2.74 bits per heavy atom. The van der Waals surface area contributed by atoms with Crippen LogP contribution in [0.2, 0.25) is 0 Å². The molecule has 3 atom stereocenters. The molecular formula is C15H25N3O. The van der Waals surface area contributed by atoms with Gasteiger partial charge in [-0.2, -0.15) is 0 Å². The molecule has 1 aromatic rings. The topological polar surface area (TPSA) is 62.4 Å². The normalized spacial score (nSPS) is 25.1. The Labute approximate surface area is 115 Å². The maximum atomic E-state index is 10.1. The molecule has 0 aromatic carbocycles. The van der Waals surface area contributed by atoms with Crippen LogP contribution >= 0.6 is 0 Å². The number of aliphatic hydroxyl groups excluding tert-OH is 1. The number of rotatable bonds is 4. The van der Waals surface area contributed by atoms with Crippen molar-refractivity contribution in [2.45, 2.75) is 57.2 Å². The van der Waals surface area contributed by atoms with Crippen LogP contribution in [-0.4, -0.2) is 29.3 Å². The van der Waals surface area contributed by atoms with Crippen molar-refractivity contribution in [3.05, 3.63) is 24.0 Å². The van der Waals surface area contributed by atoms with E-state index in [1.165, 1.54) is 6.42 Å². The molecule has 106 valence electrons. The van der Waals surface area contributed by atoms with E-state index < -0.39 is 0 Å². The number of nitrogens with two attached hydrogens (primary N) is 1. The molecule has 4 nitrogen and oxygen atoms in total. The first-order chi connectivity index (χ1) is 9.13. The SMILES string of the molecule is CC[C@@H](N)c1ccc(N(C)C2CCCCC2O)cn1. The Balaban J connectivity index is 2.08. The minimum absolute atomic E-state index is 0.0135. The second-order valence-corrected chi connectivity index (χ2v) is 5.49. The molecule has 4 heteroatoms. The fourth-order valence-corrected chi connectivity index (χ4v) is 2.77. The van der Waals surface area contributed by atoms with Gasteiger partial charge >= 0.3 is 0 Å². The van der Waals surface area contributed by atoms with Crippen LogP contribution in [0.4, 0.5) is 5.69 Å². The lowest BCUT2D eigenvalue weighted by Gasteiger charge is -2.36. The number of likely N-dealkylation sites (N-methyl/N-ethyl adjacent to an activating group) is 1. The predicted octanol–water partition coefficient (Wildman–Crippen LogP) is 2.23. The van der Waals surface area contributed by atoms with E-state index in [0.717, 1.165) is 37.1 Å². The highest BCUT2D eigenvalue weighted by Crippen LogP contribution is 2.26. The Kier molecular flexibility index (Phi) is 4.77. The van der Waals surface area contributed by atoms with Gasteiger partial charge in [-0.1, -0.05) is 19.8 Å². The molecule has 19 heavy (non-hydrogen) atoms. The number of aliphatic hydroxyl groups is 1. The van der Waals surface area contributed by atoms with Crippen molar-refractivity contribution in [1.29, 1.82) is 0 Å². The van der Waals surface area contributed by atoms with Crippen LogP contribution < -0.4 is 10.6 Å². The number of anilines is 1. The van der Waals surface area contributed by atoms with Crippen molar-refractivity contribution < 1.29 is 5.11 Å². The van der Waals surface area contributed by atoms with Crippen LogP contribution in [0.3, 0.4) is 0 Å². The molecule has 2 unspecified atom stereocenters. The fourth-order valence-electron chi connectivity index (χ4n) is 2.77. The van der Waals surface area contributed by atoms with Gasteiger partial charge in [-0.25, -0.2) is 0 Å². The van der Waals surface area contributed by atoms with Crippen molar-refractivity contribution in [1.82, 2.24) is 4.98 Å². The van der Waals surface area contributed by atoms with Gasteiger partial charge in [0.1, 0.15) is 0 Å². The van der Waals surface area contributed by atoms with Crippen LogP contribution in [0.15, 0.2) is 18.3 Å². The van der Waals surface area contributed by atoms with E-state index >= 15 is 0 Å². The van der Waals surface area contributed by atoms with Gasteiger partial charge in [-0.3, -0.25) is 4.98 Å². The van der Waals surface area contributed by atoms with Gasteiger partial charge in [-0.15, -0.1) is 0 Å². The number of hydrogen-bond donors (Lipinski definition) is 2. The number of aromatic nitrogens is 1. The van der Waals surface area contributed by atoms with Gasteiger partial charge in [0.15, 0.2) is 0 Å². The molecular weight excluding hydrogens is 238 g/mol. The summed E-state index contributed by atoms with van der Waals surface area (Å²) in [5, 5.41) is 10.1. The summed E-state index contributed by atoms with van der Waals surface area (Å²) in [7, 11) is 2.04. The summed E-state index contributed by atoms with van der Waals surface area (Å²) >= 11 is 0. The van der Waals surface area contributed by atoms with Crippen LogP contribution in [-0.2, 0) is 0 Å². The second-order valence-electron chi connectivity index (χ2n) is 5.49. The van der Waals surface area contributed by atoms with Crippen LogP contribution in [0.1, 0.15) is 50.8 Å². The summed E-state index contributed by atoms with van der Waals surface area (Å²) in [6.45, 7) is 2.06. The molecule has 1 aromatic heterocycles. The molecule has 0 bridgehead atoms. The summed E-state index contributed by atoms with van der Waals surface area (Å²) in [6.07, 6.45) is 6.81. The third-order valence-corrected chi connectivity index (χ3v) is 4.19. The highest BCUT2D eigenvalue weighted by molar-refractivity contribution is 5.45. The van der Waals surface area contributed by atoms with Gasteiger partial charge in [-0.05, 0) is 31.4 Å². The van der Waals surface area contributed by atoms with E-state index in [4.69, 9.17) is 5.73 Å². The highest BCUT2D eigenvalue weighted by atomic mass is 16.3. The first-order valence-corrected chi connectivity index (χ1v) is 7.26. The molecule has 1 heterocycles. The Bertz CT molecular complexity index is 393. The van der Waals surface area contributed by atoms with Gasteiger partial charge in [0.2, 0.25) is 0 Å². The Morgan fingerprint density at radius 2 is 2.16 bits per heavy atom. The lowest BCUT2D eigenvalue weighted by molar-refractivity contribution is 0.106. The zero-order valence-corrected chi connectivity index (χ0v) is 11.9. The van der Waals surface area contributed by atoms with Crippen molar-refractivity contribution in [3.8, 4) is 0 Å². The van der Waals surface area contributed by atoms with Gasteiger partial charge < -0.3 is 15.7 Å². The number of pyridine rings is 1. The molecule has 0 radical (unpaired) electrons. The molecule has 1 aliphatic rings. The molecule has 1 saturated carbocycles. The third-order valence-electron chi connectivity index (χ3n) is 4.19. The molecule has 1 fully saturated rings. The van der Waals surface area contributed by atoms with Gasteiger partial charge in [0.05, 0.1) is 29.7 Å². The van der Waals surface area contributed by atoms with Crippen molar-refractivity contribution in [2.75, 3.05) is 11.9 Å². The van der Waals surface area contributed by atoms with Crippen molar-refractivity contribution >= 4 is 5.69 Å². The zero-order valence-electron chi connectivity index (χ0n) is 11.9. The fraction of sp³-hybridized carbons (Fsp3) is 0.667. The smallest absolute Gasteiger partial charge is 0.0743 e. The van der Waals surface area contributed by atoms with E-state index in [1.54, 1.807) is 0 Å². The molecule has 0 aliphatic heterocycles. The summed E-state index contributed by atoms with van der Waals surface area (Å²) in [5.41, 5.74) is 7.96. The summed E-state index contributed by atoms with van der Waals surface area (Å²) in [6, 6.07) is 4.27. The minimum Gasteiger partial charge on any atom is -0.391 e. The average Bonchev–Trinajstić information content (AvgIpc) is 2.46. The third kappa shape index (κ3) is 3.25. The van der Waals surface area contributed by atoms with Gasteiger partial charge in [0.25, 0.3) is 0 Å². The first-order valence-electron chi connectivity index (χ1n) is 7.26. The first kappa shape index (κ1) is 14.3. The van der Waals surface area contributed by atoms with Crippen LogP contribution in [0.5, 0.6) is 0 Å². The van der Waals surface area contributed by atoms with E-state index in [2.05, 4.69) is 22.9 Å². The Hall–Kier alpha value is -1.13. The van der Waals surface area contributed by atoms with Gasteiger partial charge in [0, 0.05) is 13.1 Å². The van der Waals surface area contributed by atoms with E-state index in [-0.39, 0.29) is 18.2 Å². The second kappa shape index (κ2) is 6.35. The molecule has 0 spiro atoms. The van der Waals surface area contributed by atoms with E-state index in [1.807, 2.05) is 19.3 Å². The number of nitrogens with zero attached hydrogens (tertiary/aromatic N) is 2. The summed E-state index contributed by atoms with van der Waals surface area (Å²) in [4.78, 5) is 6.59. The predicted molar refractivity (Wildman–Crippen MR) is 78.1 cm³/mol. The maximum Gasteiger partial charge on any atom is 0.0743 e. The molecule has 2 rings (SSSR count). The standard InChI is InChI=1S/C15H25N3O/c1-3-12(16)13-9-8-11(10-17-13)18(2)14-6-4-5-7-15(14)19/h8-10,12,14-15,19H,3-7,16H2,1-2H3/t12-,14?,15?/m1/s1. The molecule has 0 saturated heterocycles. The quantitative estimate of drug-likeness (QED) is 0.874. The Morgan fingerprint density at radius 1 is 1.42 bits per heavy atom. The lowest BCUT2D eigenvalue weighted by Crippen LogP contribution is -2.43. The molecule has 3 N–H and O–H groups in total. The van der Waals surface area contributed by atoms with Crippen LogP contribution in [0.25, 0.3) is 0 Å². The highest BCUT2D eigenvalue weighted by Gasteiger charge is 2.26. The average molecular weight is 263 g/mol.